The molecule has 0 bridgehead atoms. The molecule has 5 rings (SSSR count). The summed E-state index contributed by atoms with van der Waals surface area (Å²) in [7, 11) is 4.24. The third-order valence-corrected chi connectivity index (χ3v) is 8.07. The molecule has 1 saturated carbocycles. The Labute approximate surface area is 225 Å². The summed E-state index contributed by atoms with van der Waals surface area (Å²) >= 11 is 0. The molecule has 9 nitrogen and oxygen atoms in total. The van der Waals surface area contributed by atoms with Gasteiger partial charge in [0.05, 0.1) is 49.9 Å². The summed E-state index contributed by atoms with van der Waals surface area (Å²) in [5, 5.41) is 3.11. The van der Waals surface area contributed by atoms with Crippen LogP contribution in [-0.2, 0) is 10.9 Å². The third kappa shape index (κ3) is 5.72. The van der Waals surface area contributed by atoms with E-state index in [9.17, 15) is 18.0 Å². The zero-order valence-corrected chi connectivity index (χ0v) is 22.5. The van der Waals surface area contributed by atoms with E-state index in [0.717, 1.165) is 49.3 Å². The average Bonchev–Trinajstić information content (AvgIpc) is 3.35. The van der Waals surface area contributed by atoms with Gasteiger partial charge in [-0.05, 0) is 44.2 Å². The molecular formula is C27H35F3N7O2+. The van der Waals surface area contributed by atoms with Crippen molar-refractivity contribution in [2.24, 2.45) is 5.92 Å². The van der Waals surface area contributed by atoms with E-state index in [2.05, 4.69) is 29.4 Å². The number of quaternary nitrogens is 1. The van der Waals surface area contributed by atoms with Gasteiger partial charge in [-0.15, -0.1) is 0 Å². The number of carbonyl (C=O) groups is 1. The molecule has 0 unspecified atom stereocenters. The van der Waals surface area contributed by atoms with Crippen molar-refractivity contribution in [2.45, 2.75) is 44.8 Å². The second kappa shape index (κ2) is 10.7. The van der Waals surface area contributed by atoms with Gasteiger partial charge in [-0.2, -0.15) is 18.2 Å². The normalized spacial score (nSPS) is 20.8. The molecule has 3 aromatic rings. The number of hydrogen-bond acceptors (Lipinski definition) is 5. The van der Waals surface area contributed by atoms with Gasteiger partial charge in [0, 0.05) is 50.2 Å². The molecule has 0 spiro atoms. The van der Waals surface area contributed by atoms with E-state index < -0.39 is 11.7 Å². The summed E-state index contributed by atoms with van der Waals surface area (Å²) in [4.78, 5) is 27.7. The Morgan fingerprint density at radius 2 is 1.95 bits per heavy atom. The fraction of sp³-hybridized carbons (Fsp3) is 0.556. The highest BCUT2D eigenvalue weighted by molar-refractivity contribution is 5.78. The number of carbonyl (C=O) groups excluding carboxylic acids is 1. The number of aromatic nitrogens is 4. The van der Waals surface area contributed by atoms with E-state index in [1.165, 1.54) is 0 Å². The maximum Gasteiger partial charge on any atom is 0.417 e. The SMILES string of the molecule is Cc1cnc(-n2ccc3ncc(C(F)(F)F)cc32)nc1[N+](C)(C)[C@@H]1CCC[C@H](CNC(=O)N2CCOCC2)C1. The Bertz CT molecular complexity index is 1330. The number of ether oxygens (including phenoxy) is 1. The quantitative estimate of drug-likeness (QED) is 0.482. The second-order valence-electron chi connectivity index (χ2n) is 11.0. The third-order valence-electron chi connectivity index (χ3n) is 8.07. The number of fused-ring (bicyclic) bond motifs is 1. The Morgan fingerprint density at radius 1 is 1.18 bits per heavy atom. The number of amides is 2. The first-order valence-corrected chi connectivity index (χ1v) is 13.4. The molecule has 12 heteroatoms. The zero-order valence-electron chi connectivity index (χ0n) is 22.5. The van der Waals surface area contributed by atoms with Crippen LogP contribution in [0.25, 0.3) is 17.0 Å². The molecule has 2 aliphatic rings. The number of halogens is 3. The van der Waals surface area contributed by atoms with Crippen LogP contribution in [0.15, 0.2) is 30.7 Å². The van der Waals surface area contributed by atoms with Crippen LogP contribution in [0.5, 0.6) is 0 Å². The Morgan fingerprint density at radius 3 is 2.69 bits per heavy atom. The number of urea groups is 1. The zero-order chi connectivity index (χ0) is 27.8. The molecule has 1 saturated heterocycles. The second-order valence-corrected chi connectivity index (χ2v) is 11.0. The monoisotopic (exact) mass is 546 g/mol. The molecule has 4 heterocycles. The van der Waals surface area contributed by atoms with Gasteiger partial charge < -0.3 is 15.0 Å². The van der Waals surface area contributed by atoms with Crippen LogP contribution in [0, 0.1) is 12.8 Å². The minimum absolute atomic E-state index is 0.0346. The van der Waals surface area contributed by atoms with Crippen molar-refractivity contribution in [3.8, 4) is 5.95 Å². The van der Waals surface area contributed by atoms with Crippen molar-refractivity contribution in [2.75, 3.05) is 46.9 Å². The fourth-order valence-electron chi connectivity index (χ4n) is 5.78. The molecule has 2 amide bonds. The van der Waals surface area contributed by atoms with Crippen molar-refractivity contribution < 1.29 is 22.7 Å². The van der Waals surface area contributed by atoms with Crippen molar-refractivity contribution in [3.63, 3.8) is 0 Å². The summed E-state index contributed by atoms with van der Waals surface area (Å²) in [6.45, 7) is 4.96. The highest BCUT2D eigenvalue weighted by Crippen LogP contribution is 2.35. The van der Waals surface area contributed by atoms with E-state index in [1.54, 1.807) is 27.9 Å². The molecular weight excluding hydrogens is 511 g/mol. The van der Waals surface area contributed by atoms with E-state index in [0.29, 0.717) is 60.2 Å². The van der Waals surface area contributed by atoms with Gasteiger partial charge >= 0.3 is 12.2 Å². The number of hydrogen-bond donors (Lipinski definition) is 1. The molecule has 210 valence electrons. The van der Waals surface area contributed by atoms with Crippen molar-refractivity contribution in [1.29, 1.82) is 0 Å². The number of nitrogens with one attached hydrogen (secondary N) is 1. The molecule has 2 atom stereocenters. The average molecular weight is 547 g/mol. The highest BCUT2D eigenvalue weighted by atomic mass is 19.4. The molecule has 1 aliphatic heterocycles. The number of nitrogens with zero attached hydrogens (tertiary/aromatic N) is 6. The number of rotatable bonds is 5. The first kappa shape index (κ1) is 27.3. The first-order chi connectivity index (χ1) is 18.5. The summed E-state index contributed by atoms with van der Waals surface area (Å²) in [6.07, 6.45) is 3.79. The summed E-state index contributed by atoms with van der Waals surface area (Å²) in [5.41, 5.74) is 0.847. The molecule has 39 heavy (non-hydrogen) atoms. The van der Waals surface area contributed by atoms with Gasteiger partial charge in [0.1, 0.15) is 0 Å². The van der Waals surface area contributed by atoms with Crippen LogP contribution in [0.1, 0.15) is 36.8 Å². The van der Waals surface area contributed by atoms with Crippen LogP contribution in [0.3, 0.4) is 0 Å². The molecule has 0 radical (unpaired) electrons. The van der Waals surface area contributed by atoms with Crippen molar-refractivity contribution >= 4 is 22.9 Å². The number of aryl methyl sites for hydroxylation is 1. The van der Waals surface area contributed by atoms with Crippen LogP contribution in [0.2, 0.25) is 0 Å². The highest BCUT2D eigenvalue weighted by Gasteiger charge is 2.38. The Kier molecular flexibility index (Phi) is 7.51. The van der Waals surface area contributed by atoms with Gasteiger partial charge in [-0.25, -0.2) is 9.78 Å². The number of morpholine rings is 1. The van der Waals surface area contributed by atoms with Crippen molar-refractivity contribution in [3.05, 3.63) is 41.9 Å². The van der Waals surface area contributed by atoms with E-state index >= 15 is 0 Å². The van der Waals surface area contributed by atoms with Crippen LogP contribution >= 0.6 is 0 Å². The minimum Gasteiger partial charge on any atom is -0.378 e. The molecule has 1 aliphatic carbocycles. The lowest BCUT2D eigenvalue weighted by molar-refractivity contribution is -0.137. The summed E-state index contributed by atoms with van der Waals surface area (Å²) in [5.74, 6) is 1.49. The van der Waals surface area contributed by atoms with Gasteiger partial charge in [0.2, 0.25) is 11.8 Å². The minimum atomic E-state index is -4.49. The fourth-order valence-corrected chi connectivity index (χ4v) is 5.78. The molecule has 1 N–H and O–H groups in total. The van der Waals surface area contributed by atoms with E-state index in [1.807, 2.05) is 6.92 Å². The predicted octanol–water partition coefficient (Wildman–Crippen LogP) is 4.31. The predicted molar refractivity (Wildman–Crippen MR) is 142 cm³/mol. The summed E-state index contributed by atoms with van der Waals surface area (Å²) < 4.78 is 47.5. The van der Waals surface area contributed by atoms with E-state index in [4.69, 9.17) is 9.72 Å². The molecule has 0 aromatic carbocycles. The largest absolute Gasteiger partial charge is 0.417 e. The lowest BCUT2D eigenvalue weighted by atomic mass is 9.84. The molecule has 3 aromatic heterocycles. The van der Waals surface area contributed by atoms with Gasteiger partial charge in [-0.3, -0.25) is 14.0 Å². The topological polar surface area (TPSA) is 85.2 Å². The Balaban J connectivity index is 1.35. The number of alkyl halides is 3. The Hall–Kier alpha value is -3.25. The van der Waals surface area contributed by atoms with Crippen LogP contribution in [0.4, 0.5) is 23.8 Å². The first-order valence-electron chi connectivity index (χ1n) is 13.4. The van der Waals surface area contributed by atoms with Gasteiger partial charge in [0.15, 0.2) is 0 Å². The summed E-state index contributed by atoms with van der Waals surface area (Å²) in [6, 6.07) is 2.98. The van der Waals surface area contributed by atoms with Gasteiger partial charge in [0.25, 0.3) is 0 Å². The van der Waals surface area contributed by atoms with Crippen molar-refractivity contribution in [1.82, 2.24) is 34.2 Å². The lowest BCUT2D eigenvalue weighted by Gasteiger charge is -2.41. The van der Waals surface area contributed by atoms with E-state index in [-0.39, 0.29) is 12.1 Å². The van der Waals surface area contributed by atoms with Gasteiger partial charge in [-0.1, -0.05) is 0 Å². The number of pyridine rings is 1. The standard InChI is InChI=1S/C27H34F3N7O2/c1-18-15-32-25(36-8-7-22-23(36)14-20(17-31-22)27(28,29)30)34-24(18)37(2,3)21-6-4-5-19(13-21)16-33-26(38)35-9-11-39-12-10-35/h7-8,14-15,17,19,21H,4-6,9-13,16H2,1-3H3/p+1/t19-,21+/m0/s1. The van der Waals surface area contributed by atoms with Crippen LogP contribution < -0.4 is 9.80 Å². The molecule has 2 fully saturated rings. The lowest BCUT2D eigenvalue weighted by Crippen LogP contribution is -2.54. The maximum atomic E-state index is 13.3. The van der Waals surface area contributed by atoms with Crippen LogP contribution in [-0.4, -0.2) is 83.4 Å². The maximum absolute atomic E-state index is 13.3. The smallest absolute Gasteiger partial charge is 0.378 e.